The number of nitrogens with zero attached hydrogens (tertiary/aromatic N) is 1. The van der Waals surface area contributed by atoms with E-state index in [1.54, 1.807) is 24.3 Å². The molecule has 2 rings (SSSR count). The average molecular weight is 353 g/mol. The van der Waals surface area contributed by atoms with Gasteiger partial charge in [0.1, 0.15) is 0 Å². The number of benzene rings is 1. The Morgan fingerprint density at radius 3 is 2.21 bits per heavy atom. The second kappa shape index (κ2) is 9.03. The van der Waals surface area contributed by atoms with Gasteiger partial charge in [-0.15, -0.1) is 0 Å². The third-order valence-electron chi connectivity index (χ3n) is 4.17. The van der Waals surface area contributed by atoms with Crippen LogP contribution in [0.3, 0.4) is 0 Å². The van der Waals surface area contributed by atoms with E-state index in [1.165, 1.54) is 19.3 Å². The SMILES string of the molecule is Cc1ccc(S(=O)(=O)NCCNC(=O)N2CCCCCCC2)cc1. The summed E-state index contributed by atoms with van der Waals surface area (Å²) in [6.07, 6.45) is 5.65. The summed E-state index contributed by atoms with van der Waals surface area (Å²) in [7, 11) is -3.53. The Bertz CT molecular complexity index is 621. The van der Waals surface area contributed by atoms with Crippen LogP contribution in [0.5, 0.6) is 0 Å². The standard InChI is InChI=1S/C17H27N3O3S/c1-15-7-9-16(10-8-15)24(22,23)19-12-11-18-17(21)20-13-5-3-2-4-6-14-20/h7-10,19H,2-6,11-14H2,1H3,(H,18,21). The molecule has 0 saturated carbocycles. The molecule has 0 unspecified atom stereocenters. The number of urea groups is 1. The van der Waals surface area contributed by atoms with Crippen LogP contribution in [-0.4, -0.2) is 45.5 Å². The Morgan fingerprint density at radius 2 is 1.58 bits per heavy atom. The first-order valence-electron chi connectivity index (χ1n) is 8.58. The van der Waals surface area contributed by atoms with Crippen LogP contribution in [-0.2, 0) is 10.0 Å². The van der Waals surface area contributed by atoms with Gasteiger partial charge in [-0.1, -0.05) is 37.0 Å². The minimum absolute atomic E-state index is 0.105. The maximum Gasteiger partial charge on any atom is 0.317 e. The molecule has 0 bridgehead atoms. The van der Waals surface area contributed by atoms with Gasteiger partial charge in [-0.25, -0.2) is 17.9 Å². The van der Waals surface area contributed by atoms with Crippen molar-refractivity contribution in [2.24, 2.45) is 0 Å². The Labute approximate surface area is 144 Å². The predicted octanol–water partition coefficient (Wildman–Crippen LogP) is 2.25. The number of sulfonamides is 1. The molecule has 1 aromatic carbocycles. The molecule has 1 fully saturated rings. The van der Waals surface area contributed by atoms with Gasteiger partial charge >= 0.3 is 6.03 Å². The summed E-state index contributed by atoms with van der Waals surface area (Å²) in [5.74, 6) is 0. The van der Waals surface area contributed by atoms with Crippen LogP contribution in [0.15, 0.2) is 29.2 Å². The maximum atomic E-state index is 12.1. The van der Waals surface area contributed by atoms with Gasteiger partial charge in [0.15, 0.2) is 0 Å². The van der Waals surface area contributed by atoms with E-state index in [4.69, 9.17) is 0 Å². The zero-order valence-electron chi connectivity index (χ0n) is 14.3. The van der Waals surface area contributed by atoms with E-state index >= 15 is 0 Å². The number of rotatable bonds is 5. The number of carbonyl (C=O) groups excluding carboxylic acids is 1. The molecule has 0 spiro atoms. The molecule has 1 heterocycles. The molecular weight excluding hydrogens is 326 g/mol. The quantitative estimate of drug-likeness (QED) is 0.797. The fourth-order valence-corrected chi connectivity index (χ4v) is 3.75. The molecule has 2 amide bonds. The van der Waals surface area contributed by atoms with Crippen LogP contribution >= 0.6 is 0 Å². The first kappa shape index (κ1) is 18.7. The van der Waals surface area contributed by atoms with Crippen LogP contribution in [0, 0.1) is 6.92 Å². The molecule has 1 aliphatic rings. The Balaban J connectivity index is 1.75. The van der Waals surface area contributed by atoms with Crippen molar-refractivity contribution in [1.82, 2.24) is 14.9 Å². The summed E-state index contributed by atoms with van der Waals surface area (Å²) < 4.78 is 26.8. The van der Waals surface area contributed by atoms with Gasteiger partial charge in [-0.3, -0.25) is 0 Å². The summed E-state index contributed by atoms with van der Waals surface area (Å²) in [6, 6.07) is 6.58. The highest BCUT2D eigenvalue weighted by molar-refractivity contribution is 7.89. The topological polar surface area (TPSA) is 78.5 Å². The average Bonchev–Trinajstić information content (AvgIpc) is 2.51. The number of aryl methyl sites for hydroxylation is 1. The van der Waals surface area contributed by atoms with Gasteiger partial charge in [0.05, 0.1) is 4.90 Å². The van der Waals surface area contributed by atoms with E-state index in [9.17, 15) is 13.2 Å². The van der Waals surface area contributed by atoms with E-state index in [0.717, 1.165) is 31.5 Å². The first-order chi connectivity index (χ1) is 11.5. The zero-order valence-corrected chi connectivity index (χ0v) is 15.1. The van der Waals surface area contributed by atoms with Crippen LogP contribution in [0.4, 0.5) is 4.79 Å². The third-order valence-corrected chi connectivity index (χ3v) is 5.64. The van der Waals surface area contributed by atoms with Crippen LogP contribution < -0.4 is 10.0 Å². The van der Waals surface area contributed by atoms with E-state index in [1.807, 2.05) is 11.8 Å². The molecular formula is C17H27N3O3S. The fraction of sp³-hybridized carbons (Fsp3) is 0.588. The van der Waals surface area contributed by atoms with E-state index in [-0.39, 0.29) is 24.0 Å². The lowest BCUT2D eigenvalue weighted by Crippen LogP contribution is -2.44. The summed E-state index contributed by atoms with van der Waals surface area (Å²) in [4.78, 5) is 14.2. The van der Waals surface area contributed by atoms with Gasteiger partial charge in [-0.2, -0.15) is 0 Å². The van der Waals surface area contributed by atoms with E-state index < -0.39 is 10.0 Å². The number of nitrogens with one attached hydrogen (secondary N) is 2. The molecule has 134 valence electrons. The van der Waals surface area contributed by atoms with Crippen molar-refractivity contribution < 1.29 is 13.2 Å². The van der Waals surface area contributed by atoms with E-state index in [0.29, 0.717) is 0 Å². The minimum Gasteiger partial charge on any atom is -0.337 e. The summed E-state index contributed by atoms with van der Waals surface area (Å²) >= 11 is 0. The number of carbonyl (C=O) groups is 1. The second-order valence-corrected chi connectivity index (χ2v) is 7.96. The number of hydrogen-bond acceptors (Lipinski definition) is 3. The smallest absolute Gasteiger partial charge is 0.317 e. The van der Waals surface area contributed by atoms with Crippen LogP contribution in [0.2, 0.25) is 0 Å². The normalized spacial score (nSPS) is 16.3. The van der Waals surface area contributed by atoms with Crippen molar-refractivity contribution in [3.05, 3.63) is 29.8 Å². The Hall–Kier alpha value is -1.60. The summed E-state index contributed by atoms with van der Waals surface area (Å²) in [5, 5.41) is 2.79. The zero-order chi connectivity index (χ0) is 17.4. The molecule has 1 saturated heterocycles. The van der Waals surface area contributed by atoms with Gasteiger partial charge in [0, 0.05) is 26.2 Å². The molecule has 0 radical (unpaired) electrons. The molecule has 0 aromatic heterocycles. The summed E-state index contributed by atoms with van der Waals surface area (Å²) in [6.45, 7) is 3.92. The minimum atomic E-state index is -3.53. The molecule has 7 heteroatoms. The van der Waals surface area contributed by atoms with Crippen molar-refractivity contribution in [2.45, 2.75) is 43.9 Å². The van der Waals surface area contributed by atoms with Gasteiger partial charge < -0.3 is 10.2 Å². The third kappa shape index (κ3) is 5.79. The van der Waals surface area contributed by atoms with Crippen molar-refractivity contribution in [3.8, 4) is 0 Å². The van der Waals surface area contributed by atoms with Crippen LogP contribution in [0.25, 0.3) is 0 Å². The number of likely N-dealkylation sites (tertiary alicyclic amines) is 1. The molecule has 0 atom stereocenters. The molecule has 6 nitrogen and oxygen atoms in total. The number of hydrogen-bond donors (Lipinski definition) is 2. The summed E-state index contributed by atoms with van der Waals surface area (Å²) in [5.41, 5.74) is 1.01. The molecule has 2 N–H and O–H groups in total. The predicted molar refractivity (Wildman–Crippen MR) is 94.4 cm³/mol. The van der Waals surface area contributed by atoms with E-state index in [2.05, 4.69) is 10.0 Å². The molecule has 0 aliphatic carbocycles. The fourth-order valence-electron chi connectivity index (χ4n) is 2.72. The van der Waals surface area contributed by atoms with Gasteiger partial charge in [0.2, 0.25) is 10.0 Å². The molecule has 1 aliphatic heterocycles. The largest absolute Gasteiger partial charge is 0.337 e. The van der Waals surface area contributed by atoms with Crippen molar-refractivity contribution in [1.29, 1.82) is 0 Å². The van der Waals surface area contributed by atoms with Crippen LogP contribution in [0.1, 0.15) is 37.7 Å². The highest BCUT2D eigenvalue weighted by Gasteiger charge is 2.15. The lowest BCUT2D eigenvalue weighted by Gasteiger charge is -2.25. The van der Waals surface area contributed by atoms with Crippen molar-refractivity contribution in [3.63, 3.8) is 0 Å². The van der Waals surface area contributed by atoms with Crippen molar-refractivity contribution in [2.75, 3.05) is 26.2 Å². The highest BCUT2D eigenvalue weighted by atomic mass is 32.2. The lowest BCUT2D eigenvalue weighted by atomic mass is 10.1. The van der Waals surface area contributed by atoms with Gasteiger partial charge in [0.25, 0.3) is 0 Å². The maximum absolute atomic E-state index is 12.1. The number of amides is 2. The second-order valence-electron chi connectivity index (χ2n) is 6.20. The van der Waals surface area contributed by atoms with Gasteiger partial charge in [-0.05, 0) is 31.9 Å². The van der Waals surface area contributed by atoms with Crippen molar-refractivity contribution >= 4 is 16.1 Å². The molecule has 24 heavy (non-hydrogen) atoms. The lowest BCUT2D eigenvalue weighted by molar-refractivity contribution is 0.192. The Kier molecular flexibility index (Phi) is 7.05. The Morgan fingerprint density at radius 1 is 1.00 bits per heavy atom. The highest BCUT2D eigenvalue weighted by Crippen LogP contribution is 2.11. The first-order valence-corrected chi connectivity index (χ1v) is 10.1. The monoisotopic (exact) mass is 353 g/mol. The molecule has 1 aromatic rings.